The van der Waals surface area contributed by atoms with Crippen LogP contribution >= 0.6 is 0 Å². The van der Waals surface area contributed by atoms with Gasteiger partial charge in [0.15, 0.2) is 0 Å². The molecule has 0 bridgehead atoms. The molecule has 0 atom stereocenters. The van der Waals surface area contributed by atoms with Gasteiger partial charge >= 0.3 is 6.01 Å². The van der Waals surface area contributed by atoms with Crippen LogP contribution in [0.25, 0.3) is 21.8 Å². The highest BCUT2D eigenvalue weighted by Gasteiger charge is 2.08. The van der Waals surface area contributed by atoms with Gasteiger partial charge in [-0.05, 0) is 23.8 Å². The largest absolute Gasteiger partial charge is 0.424 e. The van der Waals surface area contributed by atoms with Gasteiger partial charge in [-0.2, -0.15) is 10.1 Å². The van der Waals surface area contributed by atoms with Gasteiger partial charge in [-0.1, -0.05) is 30.3 Å². The van der Waals surface area contributed by atoms with Crippen LogP contribution in [0, 0.1) is 0 Å². The summed E-state index contributed by atoms with van der Waals surface area (Å²) in [6, 6.07) is 18.3. The van der Waals surface area contributed by atoms with Crippen molar-refractivity contribution in [2.75, 3.05) is 0 Å². The van der Waals surface area contributed by atoms with Crippen molar-refractivity contribution in [2.24, 2.45) is 0 Å². The van der Waals surface area contributed by atoms with Crippen molar-refractivity contribution in [3.8, 4) is 11.8 Å². The van der Waals surface area contributed by atoms with E-state index >= 15 is 0 Å². The predicted octanol–water partition coefficient (Wildman–Crippen LogP) is 4.22. The van der Waals surface area contributed by atoms with Crippen LogP contribution in [0.1, 0.15) is 5.56 Å². The Morgan fingerprint density at radius 3 is 2.74 bits per heavy atom. The molecule has 0 saturated carbocycles. The van der Waals surface area contributed by atoms with E-state index in [0.29, 0.717) is 18.3 Å². The number of rotatable bonds is 4. The standard InChI is InChI=1S/C21H15N5O/c1-2-4-15(5-3-1)14-26-20-10-18(7-6-17(20)12-24-26)27-21-23-11-16-8-9-22-13-19(16)25-21/h1-13H,14H2. The van der Waals surface area contributed by atoms with Crippen molar-refractivity contribution in [3.05, 3.63) is 84.9 Å². The highest BCUT2D eigenvalue weighted by molar-refractivity contribution is 5.80. The van der Waals surface area contributed by atoms with Gasteiger partial charge in [-0.3, -0.25) is 9.67 Å². The van der Waals surface area contributed by atoms with Gasteiger partial charge in [0.25, 0.3) is 0 Å². The molecule has 3 heterocycles. The SMILES string of the molecule is c1ccc(Cn2ncc3ccc(Oc4ncc5ccncc5n4)cc32)cc1. The normalized spacial score (nSPS) is 11.1. The van der Waals surface area contributed by atoms with E-state index in [1.807, 2.05) is 53.3 Å². The van der Waals surface area contributed by atoms with E-state index < -0.39 is 0 Å². The van der Waals surface area contributed by atoms with Gasteiger partial charge in [0, 0.05) is 29.2 Å². The predicted molar refractivity (Wildman–Crippen MR) is 103 cm³/mol. The van der Waals surface area contributed by atoms with Gasteiger partial charge in [-0.15, -0.1) is 0 Å². The third-order valence-corrected chi connectivity index (χ3v) is 4.36. The fourth-order valence-electron chi connectivity index (χ4n) is 3.01. The first-order valence-electron chi connectivity index (χ1n) is 8.59. The van der Waals surface area contributed by atoms with Crippen LogP contribution in [0.4, 0.5) is 0 Å². The number of hydrogen-bond acceptors (Lipinski definition) is 5. The Hall–Kier alpha value is -3.80. The lowest BCUT2D eigenvalue weighted by atomic mass is 10.2. The van der Waals surface area contributed by atoms with Crippen molar-refractivity contribution in [1.82, 2.24) is 24.7 Å². The molecule has 5 rings (SSSR count). The zero-order valence-corrected chi connectivity index (χ0v) is 14.4. The zero-order valence-electron chi connectivity index (χ0n) is 14.4. The van der Waals surface area contributed by atoms with E-state index in [1.54, 1.807) is 18.6 Å². The molecule has 6 nitrogen and oxygen atoms in total. The van der Waals surface area contributed by atoms with E-state index in [4.69, 9.17) is 4.74 Å². The lowest BCUT2D eigenvalue weighted by Crippen LogP contribution is -2.01. The van der Waals surface area contributed by atoms with Crippen LogP contribution < -0.4 is 4.74 Å². The van der Waals surface area contributed by atoms with Crippen LogP contribution in [0.5, 0.6) is 11.8 Å². The van der Waals surface area contributed by atoms with E-state index in [2.05, 4.69) is 32.2 Å². The van der Waals surface area contributed by atoms with Crippen molar-refractivity contribution < 1.29 is 4.74 Å². The average molecular weight is 353 g/mol. The molecule has 27 heavy (non-hydrogen) atoms. The first kappa shape index (κ1) is 15.5. The Labute approximate surface area is 155 Å². The number of fused-ring (bicyclic) bond motifs is 2. The Morgan fingerprint density at radius 2 is 1.81 bits per heavy atom. The van der Waals surface area contributed by atoms with Gasteiger partial charge in [0.1, 0.15) is 5.75 Å². The average Bonchev–Trinajstić information content (AvgIpc) is 3.11. The summed E-state index contributed by atoms with van der Waals surface area (Å²) in [5.41, 5.74) is 2.94. The van der Waals surface area contributed by atoms with E-state index in [-0.39, 0.29) is 0 Å². The van der Waals surface area contributed by atoms with Gasteiger partial charge < -0.3 is 4.74 Å². The maximum Gasteiger partial charge on any atom is 0.322 e. The molecule has 0 amide bonds. The molecule has 0 radical (unpaired) electrons. The molecule has 6 heteroatoms. The summed E-state index contributed by atoms with van der Waals surface area (Å²) in [7, 11) is 0. The molecule has 0 spiro atoms. The number of hydrogen-bond donors (Lipinski definition) is 0. The molecule has 2 aromatic carbocycles. The second kappa shape index (κ2) is 6.49. The number of benzene rings is 2. The van der Waals surface area contributed by atoms with Crippen LogP contribution in [0.2, 0.25) is 0 Å². The first-order chi connectivity index (χ1) is 13.3. The minimum absolute atomic E-state index is 0.295. The molecule has 0 aliphatic carbocycles. The number of pyridine rings is 1. The number of aromatic nitrogens is 5. The molecule has 130 valence electrons. The molecule has 0 saturated heterocycles. The van der Waals surface area contributed by atoms with E-state index in [0.717, 1.165) is 21.8 Å². The quantitative estimate of drug-likeness (QED) is 0.484. The van der Waals surface area contributed by atoms with Crippen molar-refractivity contribution in [1.29, 1.82) is 0 Å². The third kappa shape index (κ3) is 3.08. The highest BCUT2D eigenvalue weighted by Crippen LogP contribution is 2.25. The third-order valence-electron chi connectivity index (χ3n) is 4.36. The molecule has 0 aliphatic heterocycles. The lowest BCUT2D eigenvalue weighted by Gasteiger charge is -2.07. The van der Waals surface area contributed by atoms with Gasteiger partial charge in [-0.25, -0.2) is 4.98 Å². The summed E-state index contributed by atoms with van der Waals surface area (Å²) in [5, 5.41) is 6.48. The minimum atomic E-state index is 0.295. The van der Waals surface area contributed by atoms with Crippen LogP contribution in [-0.4, -0.2) is 24.7 Å². The van der Waals surface area contributed by atoms with Crippen molar-refractivity contribution in [3.63, 3.8) is 0 Å². The summed E-state index contributed by atoms with van der Waals surface area (Å²) >= 11 is 0. The summed E-state index contributed by atoms with van der Waals surface area (Å²) in [6.07, 6.45) is 7.01. The Balaban J connectivity index is 1.47. The van der Waals surface area contributed by atoms with Crippen molar-refractivity contribution in [2.45, 2.75) is 6.54 Å². The second-order valence-electron chi connectivity index (χ2n) is 6.20. The highest BCUT2D eigenvalue weighted by atomic mass is 16.5. The Kier molecular flexibility index (Phi) is 3.72. The number of nitrogens with zero attached hydrogens (tertiary/aromatic N) is 5. The summed E-state index contributed by atoms with van der Waals surface area (Å²) < 4.78 is 7.84. The fraction of sp³-hybridized carbons (Fsp3) is 0.0476. The monoisotopic (exact) mass is 353 g/mol. The second-order valence-corrected chi connectivity index (χ2v) is 6.20. The van der Waals surface area contributed by atoms with Crippen LogP contribution in [0.3, 0.4) is 0 Å². The number of ether oxygens (including phenoxy) is 1. The first-order valence-corrected chi connectivity index (χ1v) is 8.59. The molecule has 5 aromatic rings. The molecule has 3 aromatic heterocycles. The van der Waals surface area contributed by atoms with Crippen LogP contribution in [-0.2, 0) is 6.54 Å². The molecule has 0 N–H and O–H groups in total. The van der Waals surface area contributed by atoms with Gasteiger partial charge in [0.05, 0.1) is 30.0 Å². The van der Waals surface area contributed by atoms with E-state index in [1.165, 1.54) is 5.56 Å². The molecular weight excluding hydrogens is 338 g/mol. The Morgan fingerprint density at radius 1 is 0.889 bits per heavy atom. The van der Waals surface area contributed by atoms with Gasteiger partial charge in [0.2, 0.25) is 0 Å². The smallest absolute Gasteiger partial charge is 0.322 e. The maximum atomic E-state index is 5.88. The van der Waals surface area contributed by atoms with Crippen LogP contribution in [0.15, 0.2) is 79.4 Å². The topological polar surface area (TPSA) is 65.7 Å². The summed E-state index contributed by atoms with van der Waals surface area (Å²) in [4.78, 5) is 12.8. The van der Waals surface area contributed by atoms with Crippen molar-refractivity contribution >= 4 is 21.8 Å². The Bertz CT molecular complexity index is 1230. The summed E-state index contributed by atoms with van der Waals surface area (Å²) in [5.74, 6) is 0.667. The molecule has 0 unspecified atom stereocenters. The zero-order chi connectivity index (χ0) is 18.1. The molecule has 0 fully saturated rings. The minimum Gasteiger partial charge on any atom is -0.424 e. The van der Waals surface area contributed by atoms with E-state index in [9.17, 15) is 0 Å². The molecule has 0 aliphatic rings. The lowest BCUT2D eigenvalue weighted by molar-refractivity contribution is 0.444. The fourth-order valence-corrected chi connectivity index (χ4v) is 3.01. The summed E-state index contributed by atoms with van der Waals surface area (Å²) in [6.45, 7) is 0.700. The molecular formula is C21H15N5O. The maximum absolute atomic E-state index is 5.88.